The van der Waals surface area contributed by atoms with E-state index in [9.17, 15) is 0 Å². The van der Waals surface area contributed by atoms with Crippen molar-refractivity contribution < 1.29 is 0 Å². The molecule has 0 bridgehead atoms. The summed E-state index contributed by atoms with van der Waals surface area (Å²) < 4.78 is 1.24. The summed E-state index contributed by atoms with van der Waals surface area (Å²) in [5.74, 6) is 0.922. The van der Waals surface area contributed by atoms with E-state index in [1.54, 1.807) is 0 Å². The number of benzene rings is 3. The number of imidazole rings is 1. The highest BCUT2D eigenvalue weighted by atomic mass is 79.9. The SMILES string of the molecule is Cc1ccc2c(c1)c1cc(C)ccc1c1[nH]c(-c3c[nH]c4c3C=C(Br)CC4)nc21. The van der Waals surface area contributed by atoms with Gasteiger partial charge in [0, 0.05) is 33.8 Å². The minimum Gasteiger partial charge on any atom is -0.364 e. The summed E-state index contributed by atoms with van der Waals surface area (Å²) >= 11 is 3.68. The van der Waals surface area contributed by atoms with E-state index >= 15 is 0 Å². The molecule has 142 valence electrons. The lowest BCUT2D eigenvalue weighted by Gasteiger charge is -2.09. The van der Waals surface area contributed by atoms with E-state index in [1.165, 1.54) is 48.4 Å². The highest BCUT2D eigenvalue weighted by Crippen LogP contribution is 2.38. The first kappa shape index (κ1) is 17.0. The Morgan fingerprint density at radius 3 is 2.41 bits per heavy atom. The number of hydrogen-bond acceptors (Lipinski definition) is 1. The third kappa shape index (κ3) is 2.52. The van der Waals surface area contributed by atoms with Crippen LogP contribution in [0.1, 0.15) is 28.8 Å². The van der Waals surface area contributed by atoms with Gasteiger partial charge in [-0.2, -0.15) is 0 Å². The van der Waals surface area contributed by atoms with Crippen LogP contribution in [0.3, 0.4) is 0 Å². The first-order chi connectivity index (χ1) is 14.1. The van der Waals surface area contributed by atoms with Crippen molar-refractivity contribution in [2.75, 3.05) is 0 Å². The van der Waals surface area contributed by atoms with Crippen molar-refractivity contribution in [1.29, 1.82) is 0 Å². The molecular formula is C25H20BrN3. The zero-order valence-electron chi connectivity index (χ0n) is 16.4. The average Bonchev–Trinajstić information content (AvgIpc) is 3.32. The molecule has 0 saturated carbocycles. The molecular weight excluding hydrogens is 422 g/mol. The summed E-state index contributed by atoms with van der Waals surface area (Å²) in [7, 11) is 0. The molecule has 3 aromatic carbocycles. The van der Waals surface area contributed by atoms with Gasteiger partial charge in [-0.25, -0.2) is 4.98 Å². The normalized spacial score (nSPS) is 14.0. The summed E-state index contributed by atoms with van der Waals surface area (Å²) in [5, 5.41) is 4.98. The smallest absolute Gasteiger partial charge is 0.140 e. The second-order valence-electron chi connectivity index (χ2n) is 8.09. The summed E-state index contributed by atoms with van der Waals surface area (Å²) in [6.45, 7) is 4.30. The molecule has 2 N–H and O–H groups in total. The third-order valence-corrected chi connectivity index (χ3v) is 6.67. The number of aromatic amines is 2. The molecule has 2 aromatic heterocycles. The van der Waals surface area contributed by atoms with Gasteiger partial charge < -0.3 is 9.97 Å². The van der Waals surface area contributed by atoms with E-state index in [0.29, 0.717) is 0 Å². The molecule has 0 saturated heterocycles. The van der Waals surface area contributed by atoms with Crippen molar-refractivity contribution in [2.45, 2.75) is 26.7 Å². The van der Waals surface area contributed by atoms with E-state index in [-0.39, 0.29) is 0 Å². The van der Waals surface area contributed by atoms with Crippen molar-refractivity contribution in [3.05, 3.63) is 69.5 Å². The second kappa shape index (κ2) is 6.07. The number of hydrogen-bond donors (Lipinski definition) is 2. The van der Waals surface area contributed by atoms with Gasteiger partial charge in [-0.15, -0.1) is 0 Å². The maximum atomic E-state index is 5.10. The van der Waals surface area contributed by atoms with E-state index in [4.69, 9.17) is 4.98 Å². The molecule has 0 fully saturated rings. The van der Waals surface area contributed by atoms with Crippen molar-refractivity contribution in [1.82, 2.24) is 15.0 Å². The van der Waals surface area contributed by atoms with E-state index in [0.717, 1.165) is 35.3 Å². The minimum atomic E-state index is 0.922. The number of rotatable bonds is 1. The van der Waals surface area contributed by atoms with Crippen molar-refractivity contribution >= 4 is 54.6 Å². The molecule has 5 aromatic rings. The summed E-state index contributed by atoms with van der Waals surface area (Å²) in [6.07, 6.45) is 6.38. The molecule has 4 heteroatoms. The maximum Gasteiger partial charge on any atom is 0.140 e. The van der Waals surface area contributed by atoms with Crippen LogP contribution in [0.25, 0.3) is 50.0 Å². The van der Waals surface area contributed by atoms with E-state index in [2.05, 4.69) is 88.4 Å². The quantitative estimate of drug-likeness (QED) is 0.266. The lowest BCUT2D eigenvalue weighted by atomic mass is 9.97. The molecule has 3 nitrogen and oxygen atoms in total. The van der Waals surface area contributed by atoms with E-state index < -0.39 is 0 Å². The van der Waals surface area contributed by atoms with Crippen molar-refractivity contribution in [3.63, 3.8) is 0 Å². The van der Waals surface area contributed by atoms with Crippen LogP contribution in [0.5, 0.6) is 0 Å². The van der Waals surface area contributed by atoms with Crippen LogP contribution in [0, 0.1) is 13.8 Å². The van der Waals surface area contributed by atoms with Gasteiger partial charge in [0.05, 0.1) is 11.0 Å². The monoisotopic (exact) mass is 441 g/mol. The number of allylic oxidation sites excluding steroid dienone is 1. The predicted molar refractivity (Wildman–Crippen MR) is 126 cm³/mol. The number of aryl methyl sites for hydroxylation is 3. The number of nitrogens with zero attached hydrogens (tertiary/aromatic N) is 1. The Morgan fingerprint density at radius 1 is 0.897 bits per heavy atom. The van der Waals surface area contributed by atoms with Crippen LogP contribution in [0.4, 0.5) is 0 Å². The topological polar surface area (TPSA) is 44.5 Å². The molecule has 29 heavy (non-hydrogen) atoms. The molecule has 2 heterocycles. The molecule has 0 radical (unpaired) electrons. The second-order valence-corrected chi connectivity index (χ2v) is 9.11. The minimum absolute atomic E-state index is 0.922. The Morgan fingerprint density at radius 2 is 1.62 bits per heavy atom. The summed E-state index contributed by atoms with van der Waals surface area (Å²) in [5.41, 5.74) is 8.35. The van der Waals surface area contributed by atoms with Crippen LogP contribution < -0.4 is 0 Å². The zero-order valence-corrected chi connectivity index (χ0v) is 17.9. The van der Waals surface area contributed by atoms with E-state index in [1.807, 2.05) is 0 Å². The summed E-state index contributed by atoms with van der Waals surface area (Å²) in [6, 6.07) is 13.4. The van der Waals surface area contributed by atoms with Crippen LogP contribution in [0.15, 0.2) is 47.1 Å². The highest BCUT2D eigenvalue weighted by Gasteiger charge is 2.20. The highest BCUT2D eigenvalue weighted by molar-refractivity contribution is 9.11. The predicted octanol–water partition coefficient (Wildman–Crippen LogP) is 7.16. The Bertz CT molecular complexity index is 1400. The molecule has 0 aliphatic heterocycles. The molecule has 1 aliphatic rings. The van der Waals surface area contributed by atoms with Crippen LogP contribution in [0.2, 0.25) is 0 Å². The fourth-order valence-corrected chi connectivity index (χ4v) is 5.02. The van der Waals surface area contributed by atoms with Gasteiger partial charge in [0.2, 0.25) is 0 Å². The Labute approximate surface area is 177 Å². The first-order valence-electron chi connectivity index (χ1n) is 9.97. The van der Waals surface area contributed by atoms with Gasteiger partial charge >= 0.3 is 0 Å². The number of fused-ring (bicyclic) bond motifs is 7. The number of aromatic nitrogens is 3. The average molecular weight is 442 g/mol. The van der Waals surface area contributed by atoms with Crippen LogP contribution in [-0.2, 0) is 6.42 Å². The molecule has 0 amide bonds. The van der Waals surface area contributed by atoms with Crippen LogP contribution >= 0.6 is 15.9 Å². The fourth-order valence-electron chi connectivity index (χ4n) is 4.60. The van der Waals surface area contributed by atoms with Gasteiger partial charge in [0.25, 0.3) is 0 Å². The third-order valence-electron chi connectivity index (χ3n) is 6.04. The Hall–Kier alpha value is -2.85. The largest absolute Gasteiger partial charge is 0.364 e. The number of nitrogens with one attached hydrogen (secondary N) is 2. The van der Waals surface area contributed by atoms with Crippen molar-refractivity contribution in [2.24, 2.45) is 0 Å². The van der Waals surface area contributed by atoms with Gasteiger partial charge in [-0.3, -0.25) is 0 Å². The zero-order chi connectivity index (χ0) is 19.7. The molecule has 0 spiro atoms. The van der Waals surface area contributed by atoms with Crippen LogP contribution in [-0.4, -0.2) is 15.0 Å². The molecule has 0 atom stereocenters. The maximum absolute atomic E-state index is 5.10. The standard InChI is InChI=1S/C25H20BrN3/c1-13-3-6-16-18(9-13)19-10-14(2)4-7-17(19)24-23(16)28-25(29-24)21-12-27-22-8-5-15(26)11-20(21)22/h3-4,6-7,9-12,27H,5,8H2,1-2H3,(H,28,29). The Kier molecular flexibility index (Phi) is 3.57. The molecule has 1 aliphatic carbocycles. The number of halogens is 1. The fraction of sp³-hybridized carbons (Fsp3) is 0.160. The molecule has 6 rings (SSSR count). The first-order valence-corrected chi connectivity index (χ1v) is 10.8. The van der Waals surface area contributed by atoms with Gasteiger partial charge in [0.1, 0.15) is 5.82 Å². The van der Waals surface area contributed by atoms with Gasteiger partial charge in [-0.05, 0) is 48.0 Å². The Balaban J connectivity index is 1.72. The lowest BCUT2D eigenvalue weighted by molar-refractivity contribution is 0.938. The molecule has 0 unspecified atom stereocenters. The lowest BCUT2D eigenvalue weighted by Crippen LogP contribution is -1.95. The number of H-pyrrole nitrogens is 2. The van der Waals surface area contributed by atoms with Crippen molar-refractivity contribution in [3.8, 4) is 11.4 Å². The van der Waals surface area contributed by atoms with Gasteiger partial charge in [-0.1, -0.05) is 63.5 Å². The summed E-state index contributed by atoms with van der Waals surface area (Å²) in [4.78, 5) is 12.2. The van der Waals surface area contributed by atoms with Gasteiger partial charge in [0.15, 0.2) is 0 Å².